The molecule has 0 fully saturated rings. The first kappa shape index (κ1) is 15.2. The normalized spacial score (nSPS) is 12.0. The summed E-state index contributed by atoms with van der Waals surface area (Å²) in [5.41, 5.74) is 5.76. The van der Waals surface area contributed by atoms with Gasteiger partial charge in [0.25, 0.3) is 0 Å². The fraction of sp³-hybridized carbons (Fsp3) is 0.357. The largest absolute Gasteiger partial charge is 0.437 e. The molecule has 2 N–H and O–H groups in total. The van der Waals surface area contributed by atoms with Crippen LogP contribution in [0.1, 0.15) is 31.1 Å². The van der Waals surface area contributed by atoms with Crippen molar-refractivity contribution < 1.29 is 17.9 Å². The van der Waals surface area contributed by atoms with E-state index in [4.69, 9.17) is 10.5 Å². The van der Waals surface area contributed by atoms with E-state index in [1.807, 2.05) is 13.8 Å². The number of ether oxygens (including phenoxy) is 1. The van der Waals surface area contributed by atoms with Gasteiger partial charge in [0.1, 0.15) is 11.4 Å². The molecule has 0 aliphatic carbocycles. The van der Waals surface area contributed by atoms with Crippen molar-refractivity contribution in [2.45, 2.75) is 33.0 Å². The molecule has 0 aliphatic heterocycles. The number of nitrogens with two attached hydrogens (primary N) is 1. The second-order valence-electron chi connectivity index (χ2n) is 4.94. The van der Waals surface area contributed by atoms with Crippen LogP contribution in [0.5, 0.6) is 11.6 Å². The number of benzene rings is 1. The monoisotopic (exact) mass is 299 g/mol. The Morgan fingerprint density at radius 1 is 1.24 bits per heavy atom. The summed E-state index contributed by atoms with van der Waals surface area (Å²) in [6, 6.07) is 4.92. The fourth-order valence-electron chi connectivity index (χ4n) is 1.88. The summed E-state index contributed by atoms with van der Waals surface area (Å²) in [6.07, 6.45) is -4.50. The maximum atomic E-state index is 13.0. The molecule has 0 saturated carbocycles. The van der Waals surface area contributed by atoms with Gasteiger partial charge in [-0.1, -0.05) is 12.1 Å². The number of para-hydroxylation sites is 1. The van der Waals surface area contributed by atoms with Gasteiger partial charge >= 0.3 is 6.18 Å². The number of anilines is 1. The smallest absolute Gasteiger partial charge is 0.419 e. The maximum Gasteiger partial charge on any atom is 0.419 e. The Morgan fingerprint density at radius 3 is 2.43 bits per heavy atom. The van der Waals surface area contributed by atoms with Crippen LogP contribution in [0.25, 0.3) is 0 Å². The van der Waals surface area contributed by atoms with Crippen LogP contribution >= 0.6 is 0 Å². The van der Waals surface area contributed by atoms with Crippen LogP contribution in [0.15, 0.2) is 24.3 Å². The molecule has 21 heavy (non-hydrogen) atoms. The van der Waals surface area contributed by atoms with E-state index >= 15 is 0 Å². The van der Waals surface area contributed by atoms with Crippen LogP contribution in [-0.2, 0) is 6.18 Å². The number of aryl methyl sites for hydroxylation is 1. The Bertz CT molecular complexity index is 647. The van der Waals surface area contributed by atoms with E-state index < -0.39 is 11.7 Å². The molecule has 1 heterocycles. The minimum atomic E-state index is -4.50. The van der Waals surface area contributed by atoms with Crippen LogP contribution < -0.4 is 10.5 Å². The second kappa shape index (κ2) is 5.31. The average Bonchev–Trinajstić information content (AvgIpc) is 2.67. The number of hydrogen-bond donors (Lipinski definition) is 1. The third kappa shape index (κ3) is 2.96. The number of halogens is 3. The van der Waals surface area contributed by atoms with Crippen molar-refractivity contribution in [2.75, 3.05) is 5.73 Å². The van der Waals surface area contributed by atoms with Gasteiger partial charge in [-0.25, -0.2) is 4.68 Å². The van der Waals surface area contributed by atoms with Crippen LogP contribution in [0, 0.1) is 6.92 Å². The molecule has 0 amide bonds. The van der Waals surface area contributed by atoms with Crippen molar-refractivity contribution in [3.63, 3.8) is 0 Å². The minimum Gasteiger partial charge on any atom is -0.437 e. The molecule has 7 heteroatoms. The highest BCUT2D eigenvalue weighted by Gasteiger charge is 2.34. The lowest BCUT2D eigenvalue weighted by atomic mass is 10.2. The molecular formula is C14H16F3N3O. The van der Waals surface area contributed by atoms with Crippen molar-refractivity contribution in [3.8, 4) is 11.6 Å². The predicted molar refractivity (Wildman–Crippen MR) is 73.3 cm³/mol. The van der Waals surface area contributed by atoms with E-state index in [0.29, 0.717) is 5.69 Å². The Kier molecular flexibility index (Phi) is 3.85. The van der Waals surface area contributed by atoms with Gasteiger partial charge in [-0.05, 0) is 32.9 Å². The first-order valence-electron chi connectivity index (χ1n) is 6.40. The summed E-state index contributed by atoms with van der Waals surface area (Å²) in [5.74, 6) is -0.169. The summed E-state index contributed by atoms with van der Waals surface area (Å²) in [6.45, 7) is 5.36. The number of nitrogens with zero attached hydrogens (tertiary/aromatic N) is 2. The topological polar surface area (TPSA) is 53.1 Å². The van der Waals surface area contributed by atoms with Crippen LogP contribution in [0.4, 0.5) is 18.9 Å². The fourth-order valence-corrected chi connectivity index (χ4v) is 1.88. The summed E-state index contributed by atoms with van der Waals surface area (Å²) in [5, 5.41) is 4.18. The van der Waals surface area contributed by atoms with Gasteiger partial charge in [-0.15, -0.1) is 0 Å². The van der Waals surface area contributed by atoms with Gasteiger partial charge < -0.3 is 10.5 Å². The Labute approximate surface area is 120 Å². The molecule has 0 unspecified atom stereocenters. The molecule has 2 aromatic rings. The lowest BCUT2D eigenvalue weighted by Gasteiger charge is -2.16. The van der Waals surface area contributed by atoms with Gasteiger partial charge in [-0.2, -0.15) is 18.3 Å². The van der Waals surface area contributed by atoms with Gasteiger partial charge in [0.2, 0.25) is 5.88 Å². The highest BCUT2D eigenvalue weighted by atomic mass is 19.4. The predicted octanol–water partition coefficient (Wildman–Crippen LogP) is 4.17. The van der Waals surface area contributed by atoms with Gasteiger partial charge in [0.05, 0.1) is 17.3 Å². The molecule has 0 atom stereocenters. The van der Waals surface area contributed by atoms with Crippen molar-refractivity contribution in [3.05, 3.63) is 35.5 Å². The molecule has 114 valence electrons. The Morgan fingerprint density at radius 2 is 1.86 bits per heavy atom. The van der Waals surface area contributed by atoms with Crippen LogP contribution in [0.2, 0.25) is 0 Å². The van der Waals surface area contributed by atoms with Crippen LogP contribution in [0.3, 0.4) is 0 Å². The van der Waals surface area contributed by atoms with E-state index in [-0.39, 0.29) is 23.4 Å². The Balaban J connectivity index is 2.49. The standard InChI is InChI=1S/C14H16F3N3O/c1-8(2)20-13(12(18)9(3)19-20)21-11-7-5-4-6-10(11)14(15,16)17/h4-8H,18H2,1-3H3. The highest BCUT2D eigenvalue weighted by molar-refractivity contribution is 5.55. The minimum absolute atomic E-state index is 0.0888. The van der Waals surface area contributed by atoms with E-state index in [1.165, 1.54) is 22.9 Å². The first-order chi connectivity index (χ1) is 9.71. The third-order valence-electron chi connectivity index (χ3n) is 2.97. The quantitative estimate of drug-likeness (QED) is 0.925. The van der Waals surface area contributed by atoms with Crippen LogP contribution in [-0.4, -0.2) is 9.78 Å². The molecule has 0 saturated heterocycles. The summed E-state index contributed by atoms with van der Waals surface area (Å²) >= 11 is 0. The first-order valence-corrected chi connectivity index (χ1v) is 6.40. The van der Waals surface area contributed by atoms with Crippen molar-refractivity contribution in [1.82, 2.24) is 9.78 Å². The van der Waals surface area contributed by atoms with Crippen molar-refractivity contribution in [1.29, 1.82) is 0 Å². The number of aromatic nitrogens is 2. The SMILES string of the molecule is Cc1nn(C(C)C)c(Oc2ccccc2C(F)(F)F)c1N. The number of rotatable bonds is 3. The molecule has 0 bridgehead atoms. The van der Waals surface area contributed by atoms with E-state index in [9.17, 15) is 13.2 Å². The number of hydrogen-bond acceptors (Lipinski definition) is 3. The van der Waals surface area contributed by atoms with Gasteiger partial charge in [0.15, 0.2) is 0 Å². The molecule has 0 radical (unpaired) electrons. The van der Waals surface area contributed by atoms with Crippen molar-refractivity contribution >= 4 is 5.69 Å². The highest BCUT2D eigenvalue weighted by Crippen LogP contribution is 2.40. The second-order valence-corrected chi connectivity index (χ2v) is 4.94. The summed E-state index contributed by atoms with van der Waals surface area (Å²) < 4.78 is 45.9. The zero-order valence-corrected chi connectivity index (χ0v) is 11.9. The molecule has 4 nitrogen and oxygen atoms in total. The molecule has 0 spiro atoms. The molecule has 0 aliphatic rings. The van der Waals surface area contributed by atoms with E-state index in [0.717, 1.165) is 6.07 Å². The lowest BCUT2D eigenvalue weighted by Crippen LogP contribution is -2.10. The third-order valence-corrected chi connectivity index (χ3v) is 2.97. The molecule has 1 aromatic carbocycles. The zero-order chi connectivity index (χ0) is 15.8. The summed E-state index contributed by atoms with van der Waals surface area (Å²) in [4.78, 5) is 0. The van der Waals surface area contributed by atoms with E-state index in [2.05, 4.69) is 5.10 Å². The molecular weight excluding hydrogens is 283 g/mol. The average molecular weight is 299 g/mol. The van der Waals surface area contributed by atoms with Gasteiger partial charge in [0, 0.05) is 0 Å². The number of alkyl halides is 3. The van der Waals surface area contributed by atoms with E-state index in [1.54, 1.807) is 6.92 Å². The van der Waals surface area contributed by atoms with Gasteiger partial charge in [-0.3, -0.25) is 0 Å². The maximum absolute atomic E-state index is 13.0. The zero-order valence-electron chi connectivity index (χ0n) is 11.9. The molecule has 2 rings (SSSR count). The lowest BCUT2D eigenvalue weighted by molar-refractivity contribution is -0.138. The van der Waals surface area contributed by atoms with Crippen molar-refractivity contribution in [2.24, 2.45) is 0 Å². The molecule has 1 aromatic heterocycles. The summed E-state index contributed by atoms with van der Waals surface area (Å²) in [7, 11) is 0. The Hall–Kier alpha value is -2.18. The number of nitrogen functional groups attached to an aromatic ring is 1.